The molecular formula is C20H17Cl2N3O3S. The number of thiocarbonyl (C=S) groups is 1. The molecule has 0 atom stereocenters. The van der Waals surface area contributed by atoms with Crippen LogP contribution in [0.1, 0.15) is 17.5 Å². The van der Waals surface area contributed by atoms with Crippen LogP contribution in [0.15, 0.2) is 59.0 Å². The lowest BCUT2D eigenvalue weighted by atomic mass is 10.2. The highest BCUT2D eigenvalue weighted by atomic mass is 35.5. The number of hydrogen-bond acceptors (Lipinski definition) is 4. The van der Waals surface area contributed by atoms with Crippen LogP contribution < -0.4 is 20.9 Å². The van der Waals surface area contributed by atoms with E-state index in [9.17, 15) is 4.79 Å². The van der Waals surface area contributed by atoms with Crippen molar-refractivity contribution in [3.05, 3.63) is 70.4 Å². The Morgan fingerprint density at radius 2 is 1.83 bits per heavy atom. The number of carbonyl (C=O) groups is 1. The third kappa shape index (κ3) is 5.63. The van der Waals surface area contributed by atoms with E-state index in [2.05, 4.69) is 16.2 Å². The molecular weight excluding hydrogens is 433 g/mol. The van der Waals surface area contributed by atoms with Gasteiger partial charge in [0.05, 0.1) is 11.6 Å². The van der Waals surface area contributed by atoms with Gasteiger partial charge < -0.3 is 14.5 Å². The number of halogens is 2. The van der Waals surface area contributed by atoms with E-state index in [1.54, 1.807) is 24.3 Å². The van der Waals surface area contributed by atoms with Gasteiger partial charge in [0.25, 0.3) is 0 Å². The Bertz CT molecular complexity index is 1020. The first-order valence-electron chi connectivity index (χ1n) is 8.61. The average molecular weight is 450 g/mol. The van der Waals surface area contributed by atoms with Crippen molar-refractivity contribution in [3.8, 4) is 17.1 Å². The number of benzene rings is 2. The van der Waals surface area contributed by atoms with Crippen molar-refractivity contribution in [1.29, 1.82) is 0 Å². The molecule has 3 N–H and O–H groups in total. The molecule has 0 bridgehead atoms. The first kappa shape index (κ1) is 21.0. The molecule has 0 saturated carbocycles. The van der Waals surface area contributed by atoms with Gasteiger partial charge in [0, 0.05) is 16.3 Å². The minimum Gasteiger partial charge on any atom is -0.494 e. The largest absolute Gasteiger partial charge is 0.494 e. The van der Waals surface area contributed by atoms with Gasteiger partial charge in [-0.2, -0.15) is 0 Å². The zero-order valence-corrected chi connectivity index (χ0v) is 17.6. The van der Waals surface area contributed by atoms with Crippen molar-refractivity contribution in [2.24, 2.45) is 0 Å². The lowest BCUT2D eigenvalue weighted by molar-refractivity contribution is 0.0917. The topological polar surface area (TPSA) is 75.5 Å². The van der Waals surface area contributed by atoms with Gasteiger partial charge in [0.1, 0.15) is 11.5 Å². The van der Waals surface area contributed by atoms with Crippen molar-refractivity contribution in [2.45, 2.75) is 6.92 Å². The lowest BCUT2D eigenvalue weighted by Gasteiger charge is -2.11. The van der Waals surface area contributed by atoms with E-state index in [1.807, 2.05) is 31.2 Å². The van der Waals surface area contributed by atoms with Crippen molar-refractivity contribution in [1.82, 2.24) is 10.9 Å². The molecule has 9 heteroatoms. The second kappa shape index (κ2) is 9.65. The molecule has 1 heterocycles. The molecule has 0 aliphatic rings. The number of hydrazine groups is 1. The van der Waals surface area contributed by atoms with Crippen LogP contribution >= 0.6 is 35.4 Å². The van der Waals surface area contributed by atoms with Gasteiger partial charge >= 0.3 is 5.91 Å². The fourth-order valence-electron chi connectivity index (χ4n) is 2.43. The predicted octanol–water partition coefficient (Wildman–Crippen LogP) is 5.28. The quantitative estimate of drug-likeness (QED) is 0.363. The van der Waals surface area contributed by atoms with Gasteiger partial charge in [-0.3, -0.25) is 15.6 Å². The molecule has 3 rings (SSSR count). The highest BCUT2D eigenvalue weighted by molar-refractivity contribution is 7.80. The van der Waals surface area contributed by atoms with Crippen LogP contribution in [0, 0.1) is 0 Å². The molecule has 29 heavy (non-hydrogen) atoms. The van der Waals surface area contributed by atoms with E-state index in [0.717, 1.165) is 11.4 Å². The highest BCUT2D eigenvalue weighted by Crippen LogP contribution is 2.31. The zero-order chi connectivity index (χ0) is 20.8. The molecule has 150 valence electrons. The summed E-state index contributed by atoms with van der Waals surface area (Å²) in [5.41, 5.74) is 6.43. The summed E-state index contributed by atoms with van der Waals surface area (Å²) in [6, 6.07) is 15.4. The third-order valence-electron chi connectivity index (χ3n) is 3.74. The molecule has 0 aliphatic carbocycles. The van der Waals surface area contributed by atoms with Crippen LogP contribution in [-0.2, 0) is 0 Å². The number of nitrogens with one attached hydrogen (secondary N) is 3. The monoisotopic (exact) mass is 449 g/mol. The highest BCUT2D eigenvalue weighted by Gasteiger charge is 2.14. The number of carbonyl (C=O) groups excluding carboxylic acids is 1. The molecule has 3 aromatic rings. The van der Waals surface area contributed by atoms with Gasteiger partial charge in [0.15, 0.2) is 10.9 Å². The maximum absolute atomic E-state index is 12.3. The lowest BCUT2D eigenvalue weighted by Crippen LogP contribution is -2.43. The fourth-order valence-corrected chi connectivity index (χ4v) is 2.98. The van der Waals surface area contributed by atoms with Crippen LogP contribution in [0.4, 0.5) is 5.69 Å². The summed E-state index contributed by atoms with van der Waals surface area (Å²) in [5, 5.41) is 4.15. The van der Waals surface area contributed by atoms with E-state index in [-0.39, 0.29) is 10.9 Å². The van der Waals surface area contributed by atoms with Crippen molar-refractivity contribution in [2.75, 3.05) is 11.9 Å². The summed E-state index contributed by atoms with van der Waals surface area (Å²) < 4.78 is 11.0. The third-order valence-corrected chi connectivity index (χ3v) is 4.51. The minimum atomic E-state index is -0.495. The van der Waals surface area contributed by atoms with Crippen LogP contribution in [0.5, 0.6) is 5.75 Å². The van der Waals surface area contributed by atoms with Crippen molar-refractivity contribution < 1.29 is 13.9 Å². The first-order valence-corrected chi connectivity index (χ1v) is 9.78. The summed E-state index contributed by atoms with van der Waals surface area (Å²) in [6.07, 6.45) is 0. The van der Waals surface area contributed by atoms with Gasteiger partial charge in [-0.05, 0) is 73.7 Å². The molecule has 0 radical (unpaired) electrons. The Hall–Kier alpha value is -2.74. The molecule has 0 spiro atoms. The molecule has 2 aromatic carbocycles. The average Bonchev–Trinajstić information content (AvgIpc) is 3.20. The second-order valence-electron chi connectivity index (χ2n) is 5.78. The Morgan fingerprint density at radius 3 is 2.55 bits per heavy atom. The molecule has 0 fully saturated rings. The molecule has 1 amide bonds. The number of anilines is 1. The van der Waals surface area contributed by atoms with Crippen LogP contribution in [-0.4, -0.2) is 17.6 Å². The van der Waals surface area contributed by atoms with E-state index < -0.39 is 5.91 Å². The summed E-state index contributed by atoms with van der Waals surface area (Å²) in [4.78, 5) is 12.3. The first-order chi connectivity index (χ1) is 14.0. The number of ether oxygens (including phenoxy) is 1. The van der Waals surface area contributed by atoms with Crippen molar-refractivity contribution >= 4 is 52.1 Å². The van der Waals surface area contributed by atoms with E-state index in [4.69, 9.17) is 44.6 Å². The normalized spacial score (nSPS) is 10.3. The van der Waals surface area contributed by atoms with Crippen molar-refractivity contribution in [3.63, 3.8) is 0 Å². The smallest absolute Gasteiger partial charge is 0.305 e. The minimum absolute atomic E-state index is 0.0902. The summed E-state index contributed by atoms with van der Waals surface area (Å²) in [7, 11) is 0. The maximum atomic E-state index is 12.3. The molecule has 0 saturated heterocycles. The van der Waals surface area contributed by atoms with Crippen LogP contribution in [0.2, 0.25) is 10.0 Å². The summed E-state index contributed by atoms with van der Waals surface area (Å²) in [6.45, 7) is 2.51. The number of furan rings is 1. The molecule has 0 aliphatic heterocycles. The van der Waals surface area contributed by atoms with Gasteiger partial charge in [-0.1, -0.05) is 23.2 Å². The SMILES string of the molecule is CCOc1ccc(NC(=S)NNC(=O)c2ccc(-c3cc(Cl)ccc3Cl)o2)cc1. The summed E-state index contributed by atoms with van der Waals surface area (Å²) >= 11 is 17.3. The van der Waals surface area contributed by atoms with E-state index >= 15 is 0 Å². The maximum Gasteiger partial charge on any atom is 0.305 e. The Balaban J connectivity index is 1.56. The Morgan fingerprint density at radius 1 is 1.07 bits per heavy atom. The Kier molecular flexibility index (Phi) is 6.98. The molecule has 1 aromatic heterocycles. The van der Waals surface area contributed by atoms with Crippen LogP contribution in [0.3, 0.4) is 0 Å². The van der Waals surface area contributed by atoms with E-state index in [1.165, 1.54) is 6.07 Å². The van der Waals surface area contributed by atoms with Crippen LogP contribution in [0.25, 0.3) is 11.3 Å². The summed E-state index contributed by atoms with van der Waals surface area (Å²) in [5.74, 6) is 0.786. The Labute approximate surface area is 183 Å². The van der Waals surface area contributed by atoms with Gasteiger partial charge in [0.2, 0.25) is 0 Å². The fraction of sp³-hybridized carbons (Fsp3) is 0.100. The zero-order valence-electron chi connectivity index (χ0n) is 15.3. The second-order valence-corrected chi connectivity index (χ2v) is 7.03. The van der Waals surface area contributed by atoms with Gasteiger partial charge in [-0.25, -0.2) is 0 Å². The molecule has 6 nitrogen and oxygen atoms in total. The number of hydrogen-bond donors (Lipinski definition) is 3. The molecule has 0 unspecified atom stereocenters. The predicted molar refractivity (Wildman–Crippen MR) is 119 cm³/mol. The van der Waals surface area contributed by atoms with E-state index in [0.29, 0.717) is 28.0 Å². The number of amides is 1. The number of rotatable bonds is 5. The standard InChI is InChI=1S/C20H17Cl2N3O3S/c1-2-27-14-6-4-13(5-7-14)23-20(29)25-24-19(26)18-10-9-17(28-18)15-11-12(21)3-8-16(15)22/h3-11H,2H2,1H3,(H,24,26)(H2,23,25,29). The van der Waals surface area contributed by atoms with Gasteiger partial charge in [-0.15, -0.1) is 0 Å².